The van der Waals surface area contributed by atoms with Gasteiger partial charge < -0.3 is 9.84 Å². The Morgan fingerprint density at radius 1 is 1.11 bits per heavy atom. The molecule has 0 radical (unpaired) electrons. The number of pyridine rings is 1. The average Bonchev–Trinajstić information content (AvgIpc) is 3.03. The molecule has 0 spiro atoms. The van der Waals surface area contributed by atoms with Crippen LogP contribution in [0.5, 0.6) is 5.75 Å². The Labute approximate surface area is 166 Å². The monoisotopic (exact) mass is 376 g/mol. The Hall–Kier alpha value is -2.43. The Morgan fingerprint density at radius 2 is 1.96 bits per heavy atom. The number of ether oxygens (including phenoxy) is 1. The molecule has 3 aromatic rings. The lowest BCUT2D eigenvalue weighted by molar-refractivity contribution is 0.139. The lowest BCUT2D eigenvalue weighted by Gasteiger charge is -2.17. The van der Waals surface area contributed by atoms with E-state index in [1.54, 1.807) is 0 Å². The van der Waals surface area contributed by atoms with Gasteiger partial charge in [0.2, 0.25) is 0 Å². The van der Waals surface area contributed by atoms with E-state index in [0.717, 1.165) is 30.8 Å². The van der Waals surface area contributed by atoms with Crippen LogP contribution in [0.4, 0.5) is 0 Å². The van der Waals surface area contributed by atoms with Gasteiger partial charge in [-0.25, -0.2) is 0 Å². The Balaban J connectivity index is 1.34. The van der Waals surface area contributed by atoms with Gasteiger partial charge in [0.15, 0.2) is 0 Å². The van der Waals surface area contributed by atoms with Crippen molar-refractivity contribution in [2.24, 2.45) is 5.92 Å². The maximum Gasteiger partial charge on any atom is 0.122 e. The van der Waals surface area contributed by atoms with Crippen LogP contribution in [0.15, 0.2) is 54.7 Å². The van der Waals surface area contributed by atoms with Gasteiger partial charge >= 0.3 is 0 Å². The maximum atomic E-state index is 10.6. The summed E-state index contributed by atoms with van der Waals surface area (Å²) in [6.45, 7) is 7.25. The molecule has 0 saturated carbocycles. The zero-order chi connectivity index (χ0) is 19.5. The molecule has 146 valence electrons. The summed E-state index contributed by atoms with van der Waals surface area (Å²) in [7, 11) is 0. The number of rotatable bonds is 6. The first-order valence-electron chi connectivity index (χ1n) is 10.0. The van der Waals surface area contributed by atoms with Gasteiger partial charge in [0.1, 0.15) is 12.4 Å². The van der Waals surface area contributed by atoms with Crippen molar-refractivity contribution in [1.82, 2.24) is 9.88 Å². The molecule has 2 aromatic carbocycles. The van der Waals surface area contributed by atoms with E-state index in [4.69, 9.17) is 4.74 Å². The summed E-state index contributed by atoms with van der Waals surface area (Å²) in [5.74, 6) is 1.19. The van der Waals surface area contributed by atoms with Crippen molar-refractivity contribution in [3.8, 4) is 5.75 Å². The molecular weight excluding hydrogens is 348 g/mol. The van der Waals surface area contributed by atoms with E-state index >= 15 is 0 Å². The van der Waals surface area contributed by atoms with Crippen molar-refractivity contribution >= 4 is 10.9 Å². The third-order valence-electron chi connectivity index (χ3n) is 5.70. The quantitative estimate of drug-likeness (QED) is 0.711. The molecule has 4 heteroatoms. The second-order valence-corrected chi connectivity index (χ2v) is 7.90. The van der Waals surface area contributed by atoms with Crippen LogP contribution >= 0.6 is 0 Å². The van der Waals surface area contributed by atoms with Crippen molar-refractivity contribution < 1.29 is 9.84 Å². The number of aliphatic hydroxyl groups excluding tert-OH is 1. The highest BCUT2D eigenvalue weighted by atomic mass is 16.5. The Bertz CT molecular complexity index is 951. The van der Waals surface area contributed by atoms with Crippen molar-refractivity contribution in [2.45, 2.75) is 26.4 Å². The number of nitrogens with zero attached hydrogens (tertiary/aromatic N) is 2. The SMILES string of the molecule is Cc1ccc(OCCN2C[C@@H](Cc3ccnc4ccccc34)[C@@H](O)C2)c(C)c1. The number of β-amino-alcohol motifs (C(OH)–C–C–N with tert-alkyl or cyclic N) is 1. The van der Waals surface area contributed by atoms with Crippen LogP contribution in [-0.2, 0) is 6.42 Å². The maximum absolute atomic E-state index is 10.6. The predicted molar refractivity (Wildman–Crippen MR) is 113 cm³/mol. The fraction of sp³-hybridized carbons (Fsp3) is 0.375. The van der Waals surface area contributed by atoms with Crippen LogP contribution in [0, 0.1) is 19.8 Å². The zero-order valence-electron chi connectivity index (χ0n) is 16.6. The molecule has 0 bridgehead atoms. The third-order valence-corrected chi connectivity index (χ3v) is 5.70. The van der Waals surface area contributed by atoms with Gasteiger partial charge in [0.05, 0.1) is 11.6 Å². The number of benzene rings is 2. The number of fused-ring (bicyclic) bond motifs is 1. The summed E-state index contributed by atoms with van der Waals surface area (Å²) < 4.78 is 5.97. The number of likely N-dealkylation sites (tertiary alicyclic amines) is 1. The first-order valence-corrected chi connectivity index (χ1v) is 10.0. The highest BCUT2D eigenvalue weighted by Crippen LogP contribution is 2.25. The summed E-state index contributed by atoms with van der Waals surface area (Å²) in [6.07, 6.45) is 2.45. The molecule has 1 aromatic heterocycles. The molecule has 28 heavy (non-hydrogen) atoms. The fourth-order valence-corrected chi connectivity index (χ4v) is 4.19. The van der Waals surface area contributed by atoms with Crippen molar-refractivity contribution in [3.05, 3.63) is 71.4 Å². The summed E-state index contributed by atoms with van der Waals surface area (Å²) in [4.78, 5) is 6.75. The molecule has 1 fully saturated rings. The molecule has 4 nitrogen and oxygen atoms in total. The van der Waals surface area contributed by atoms with E-state index in [1.807, 2.05) is 24.4 Å². The predicted octanol–water partition coefficient (Wildman–Crippen LogP) is 3.77. The summed E-state index contributed by atoms with van der Waals surface area (Å²) in [5.41, 5.74) is 4.71. The van der Waals surface area contributed by atoms with Crippen LogP contribution in [0.2, 0.25) is 0 Å². The van der Waals surface area contributed by atoms with E-state index in [0.29, 0.717) is 13.2 Å². The molecule has 1 aliphatic heterocycles. The van der Waals surface area contributed by atoms with Crippen LogP contribution in [0.3, 0.4) is 0 Å². The first kappa shape index (κ1) is 18.9. The second kappa shape index (κ2) is 8.29. The summed E-state index contributed by atoms with van der Waals surface area (Å²) in [5, 5.41) is 11.8. The summed E-state index contributed by atoms with van der Waals surface area (Å²) in [6, 6.07) is 16.6. The first-order chi connectivity index (χ1) is 13.6. The molecule has 0 amide bonds. The minimum absolute atomic E-state index is 0.243. The van der Waals surface area contributed by atoms with Crippen LogP contribution < -0.4 is 4.74 Å². The van der Waals surface area contributed by atoms with Gasteiger partial charge in [-0.2, -0.15) is 0 Å². The molecule has 1 N–H and O–H groups in total. The number of hydrogen-bond acceptors (Lipinski definition) is 4. The Kier molecular flexibility index (Phi) is 5.60. The minimum atomic E-state index is -0.298. The molecule has 1 saturated heterocycles. The number of aromatic nitrogens is 1. The van der Waals surface area contributed by atoms with E-state index in [2.05, 4.69) is 54.1 Å². The van der Waals surface area contributed by atoms with Crippen LogP contribution in [-0.4, -0.2) is 47.3 Å². The second-order valence-electron chi connectivity index (χ2n) is 7.90. The molecule has 0 unspecified atom stereocenters. The number of para-hydroxylation sites is 1. The topological polar surface area (TPSA) is 45.6 Å². The van der Waals surface area contributed by atoms with Gasteiger partial charge in [0.25, 0.3) is 0 Å². The molecule has 0 aliphatic carbocycles. The standard InChI is InChI=1S/C24H28N2O2/c1-17-7-8-24(18(2)13-17)28-12-11-26-15-20(23(27)16-26)14-19-9-10-25-22-6-4-3-5-21(19)22/h3-10,13,20,23,27H,11-12,14-16H2,1-2H3/t20-,23+/m1/s1. The molecule has 4 rings (SSSR count). The average molecular weight is 377 g/mol. The molecule has 2 atom stereocenters. The Morgan fingerprint density at radius 3 is 2.82 bits per heavy atom. The van der Waals surface area contributed by atoms with Gasteiger partial charge in [-0.15, -0.1) is 0 Å². The van der Waals surface area contributed by atoms with Gasteiger partial charge in [0, 0.05) is 37.1 Å². The van der Waals surface area contributed by atoms with Crippen LogP contribution in [0.25, 0.3) is 10.9 Å². The van der Waals surface area contributed by atoms with Crippen molar-refractivity contribution in [2.75, 3.05) is 26.2 Å². The van der Waals surface area contributed by atoms with Crippen LogP contribution in [0.1, 0.15) is 16.7 Å². The fourth-order valence-electron chi connectivity index (χ4n) is 4.19. The van der Waals surface area contributed by atoms with Crippen molar-refractivity contribution in [1.29, 1.82) is 0 Å². The molecule has 1 aliphatic rings. The number of aliphatic hydroxyl groups is 1. The van der Waals surface area contributed by atoms with E-state index in [-0.39, 0.29) is 12.0 Å². The van der Waals surface area contributed by atoms with E-state index in [9.17, 15) is 5.11 Å². The van der Waals surface area contributed by atoms with E-state index < -0.39 is 0 Å². The van der Waals surface area contributed by atoms with Gasteiger partial charge in [-0.1, -0.05) is 35.9 Å². The zero-order valence-corrected chi connectivity index (χ0v) is 16.6. The number of hydrogen-bond donors (Lipinski definition) is 1. The largest absolute Gasteiger partial charge is 0.492 e. The highest BCUT2D eigenvalue weighted by Gasteiger charge is 2.31. The minimum Gasteiger partial charge on any atom is -0.492 e. The van der Waals surface area contributed by atoms with E-state index in [1.165, 1.54) is 22.1 Å². The molecular formula is C24H28N2O2. The smallest absolute Gasteiger partial charge is 0.122 e. The highest BCUT2D eigenvalue weighted by molar-refractivity contribution is 5.81. The van der Waals surface area contributed by atoms with Gasteiger partial charge in [-0.05, 0) is 49.6 Å². The third kappa shape index (κ3) is 4.18. The lowest BCUT2D eigenvalue weighted by Crippen LogP contribution is -2.27. The van der Waals surface area contributed by atoms with Crippen molar-refractivity contribution in [3.63, 3.8) is 0 Å². The normalized spacial score (nSPS) is 20.0. The summed E-state index contributed by atoms with van der Waals surface area (Å²) >= 11 is 0. The van der Waals surface area contributed by atoms with Gasteiger partial charge in [-0.3, -0.25) is 9.88 Å². The lowest BCUT2D eigenvalue weighted by atomic mass is 9.94. The number of aryl methyl sites for hydroxylation is 2. The molecule has 2 heterocycles.